The molecule has 76 heavy (non-hydrogen) atoms. The van der Waals surface area contributed by atoms with Crippen LogP contribution in [0.4, 0.5) is 0 Å². The lowest BCUT2D eigenvalue weighted by atomic mass is 9.94. The normalized spacial score (nSPS) is 48.2. The average molecular weight is 1110 g/mol. The first-order valence-corrected chi connectivity index (χ1v) is 24.1. The highest BCUT2D eigenvalue weighted by Gasteiger charge is 2.57. The second-order valence-electron chi connectivity index (χ2n) is 19.0. The second kappa shape index (κ2) is 27.2. The Labute approximate surface area is 431 Å². The van der Waals surface area contributed by atoms with Crippen LogP contribution < -0.4 is 16.0 Å². The van der Waals surface area contributed by atoms with E-state index in [4.69, 9.17) is 52.1 Å². The molecule has 6 fully saturated rings. The maximum absolute atomic E-state index is 12.6. The molecule has 0 aromatic rings. The third-order valence-electron chi connectivity index (χ3n) is 13.6. The van der Waals surface area contributed by atoms with E-state index < -0.39 is 241 Å². The predicted octanol–water partition coefficient (Wildman–Crippen LogP) is -13.7. The van der Waals surface area contributed by atoms with Crippen LogP contribution >= 0.6 is 0 Å². The summed E-state index contributed by atoms with van der Waals surface area (Å²) < 4.78 is 63.6. The van der Waals surface area contributed by atoms with Crippen LogP contribution in [0.1, 0.15) is 20.8 Å². The molecule has 440 valence electrons. The van der Waals surface area contributed by atoms with Crippen molar-refractivity contribution in [2.45, 2.75) is 205 Å². The van der Waals surface area contributed by atoms with Gasteiger partial charge in [0.05, 0.1) is 39.6 Å². The second-order valence-corrected chi connectivity index (χ2v) is 19.0. The van der Waals surface area contributed by atoms with E-state index in [1.54, 1.807) is 0 Å². The van der Waals surface area contributed by atoms with Gasteiger partial charge in [-0.1, -0.05) is 0 Å². The van der Waals surface area contributed by atoms with E-state index in [2.05, 4.69) is 16.0 Å². The molecular formula is C42H71N3O31. The molecule has 0 spiro atoms. The minimum Gasteiger partial charge on any atom is -0.394 e. The van der Waals surface area contributed by atoms with E-state index in [1.165, 1.54) is 0 Å². The number of amides is 3. The molecule has 6 aliphatic heterocycles. The summed E-state index contributed by atoms with van der Waals surface area (Å²) in [5, 5.41) is 190. The number of hydrogen-bond acceptors (Lipinski definition) is 31. The zero-order valence-electron chi connectivity index (χ0n) is 40.9. The lowest BCUT2D eigenvalue weighted by molar-refractivity contribution is -0.387. The molecule has 0 aromatic heterocycles. The van der Waals surface area contributed by atoms with Gasteiger partial charge >= 0.3 is 0 Å². The fourth-order valence-electron chi connectivity index (χ4n) is 9.60. The number of aliphatic hydroxyl groups is 17. The zero-order valence-corrected chi connectivity index (χ0v) is 40.9. The van der Waals surface area contributed by atoms with Crippen LogP contribution in [-0.2, 0) is 66.5 Å². The first kappa shape index (κ1) is 62.5. The van der Waals surface area contributed by atoms with E-state index in [0.29, 0.717) is 0 Å². The van der Waals surface area contributed by atoms with Gasteiger partial charge in [0.2, 0.25) is 17.7 Å². The maximum atomic E-state index is 12.6. The van der Waals surface area contributed by atoms with Crippen molar-refractivity contribution in [2.75, 3.05) is 39.6 Å². The van der Waals surface area contributed by atoms with Crippen molar-refractivity contribution in [3.63, 3.8) is 0 Å². The van der Waals surface area contributed by atoms with Gasteiger partial charge in [0.25, 0.3) is 0 Å². The number of hydrogen-bond donors (Lipinski definition) is 20. The number of carbonyl (C=O) groups excluding carboxylic acids is 3. The van der Waals surface area contributed by atoms with Gasteiger partial charge < -0.3 is 155 Å². The maximum Gasteiger partial charge on any atom is 0.217 e. The molecule has 0 aromatic carbocycles. The molecule has 6 aliphatic rings. The van der Waals surface area contributed by atoms with Crippen molar-refractivity contribution in [1.82, 2.24) is 16.0 Å². The van der Waals surface area contributed by atoms with Crippen molar-refractivity contribution in [3.8, 4) is 0 Å². The van der Waals surface area contributed by atoms with E-state index in [0.717, 1.165) is 20.8 Å². The first-order chi connectivity index (χ1) is 35.9. The highest BCUT2D eigenvalue weighted by Crippen LogP contribution is 2.36. The van der Waals surface area contributed by atoms with E-state index in [-0.39, 0.29) is 0 Å². The molecule has 6 saturated heterocycles. The standard InChI is InChI=1S/C42H71N3O31/c1-10(51)43-19-27(59)33(16(7-49)67-37(19)65)73-39-21(45-12(3)53)28(60)34(17(8-50)71-39)74-41-32(64)35(75-40-31(63)29(61)23(55)14(5-47)69-40)25(57)18(72-41)9-66-42-36(30(62)24(56)15(6-48)70-42)76-38-20(44-11(2)52)26(58)22(54)13(4-46)68-38/h13-42,46-50,54-65H,4-9H2,1-3H3,(H,43,51)(H,44,52)(H,45,53). The van der Waals surface area contributed by atoms with Crippen LogP contribution in [0.2, 0.25) is 0 Å². The molecular weight excluding hydrogens is 1040 g/mol. The van der Waals surface area contributed by atoms with Gasteiger partial charge in [-0.05, 0) is 0 Å². The minimum absolute atomic E-state index is 0.721. The molecule has 6 rings (SSSR count). The van der Waals surface area contributed by atoms with Crippen LogP contribution in [0.25, 0.3) is 0 Å². The Hall–Kier alpha value is -2.71. The van der Waals surface area contributed by atoms with Crippen molar-refractivity contribution in [3.05, 3.63) is 0 Å². The SMILES string of the molecule is CC(=O)NC1C(O)OC(CO)C(OC2OC(CO)C(OC3OC(COC4OC(CO)C(O)C(O)C4OC4OC(CO)C(O)C(O)C4NC(C)=O)C(O)C(OC4OC(CO)C(O)C(O)C4O)C3O)C(O)C2NC(C)=O)C1O. The molecule has 34 heteroatoms. The molecule has 6 heterocycles. The van der Waals surface area contributed by atoms with E-state index in [1.807, 2.05) is 0 Å². The Morgan fingerprint density at radius 1 is 0.342 bits per heavy atom. The number of aliphatic hydroxyl groups excluding tert-OH is 17. The smallest absolute Gasteiger partial charge is 0.217 e. The third kappa shape index (κ3) is 13.7. The third-order valence-corrected chi connectivity index (χ3v) is 13.6. The predicted molar refractivity (Wildman–Crippen MR) is 234 cm³/mol. The van der Waals surface area contributed by atoms with Crippen LogP contribution in [0.5, 0.6) is 0 Å². The Morgan fingerprint density at radius 3 is 1.24 bits per heavy atom. The Balaban J connectivity index is 1.30. The average Bonchev–Trinajstić information content (AvgIpc) is 3.38. The molecule has 0 saturated carbocycles. The van der Waals surface area contributed by atoms with Crippen LogP contribution in [0.15, 0.2) is 0 Å². The highest BCUT2D eigenvalue weighted by atomic mass is 16.8. The summed E-state index contributed by atoms with van der Waals surface area (Å²) in [6.45, 7) is -2.65. The molecule has 0 aliphatic carbocycles. The number of carbonyl (C=O) groups is 3. The summed E-state index contributed by atoms with van der Waals surface area (Å²) in [6.07, 6.45) is -51.6. The highest BCUT2D eigenvalue weighted by molar-refractivity contribution is 5.74. The molecule has 0 radical (unpaired) electrons. The lowest BCUT2D eigenvalue weighted by Gasteiger charge is -2.50. The van der Waals surface area contributed by atoms with Gasteiger partial charge in [0.15, 0.2) is 37.7 Å². The largest absolute Gasteiger partial charge is 0.394 e. The fourth-order valence-corrected chi connectivity index (χ4v) is 9.60. The van der Waals surface area contributed by atoms with Gasteiger partial charge in [-0.2, -0.15) is 0 Å². The van der Waals surface area contributed by atoms with Crippen molar-refractivity contribution in [2.24, 2.45) is 0 Å². The first-order valence-electron chi connectivity index (χ1n) is 24.1. The van der Waals surface area contributed by atoms with Crippen LogP contribution in [0.3, 0.4) is 0 Å². The molecule has 20 N–H and O–H groups in total. The summed E-state index contributed by atoms with van der Waals surface area (Å²) >= 11 is 0. The summed E-state index contributed by atoms with van der Waals surface area (Å²) in [4.78, 5) is 36.7. The Kier molecular flexibility index (Phi) is 22.3. The molecule has 0 bridgehead atoms. The summed E-state index contributed by atoms with van der Waals surface area (Å²) in [6, 6.07) is -4.92. The summed E-state index contributed by atoms with van der Waals surface area (Å²) in [5.41, 5.74) is 0. The number of ether oxygens (including phenoxy) is 11. The zero-order chi connectivity index (χ0) is 56.2. The van der Waals surface area contributed by atoms with Gasteiger partial charge in [-0.3, -0.25) is 14.4 Å². The summed E-state index contributed by atoms with van der Waals surface area (Å²) in [5.74, 6) is -2.33. The van der Waals surface area contributed by atoms with Gasteiger partial charge in [0.1, 0.15) is 146 Å². The Bertz CT molecular complexity index is 1870. The van der Waals surface area contributed by atoms with Gasteiger partial charge in [0, 0.05) is 20.8 Å². The van der Waals surface area contributed by atoms with E-state index in [9.17, 15) is 101 Å². The minimum atomic E-state index is -2.29. The summed E-state index contributed by atoms with van der Waals surface area (Å²) in [7, 11) is 0. The molecule has 30 atom stereocenters. The molecule has 3 amide bonds. The van der Waals surface area contributed by atoms with Crippen molar-refractivity contribution < 1.29 is 153 Å². The van der Waals surface area contributed by atoms with Gasteiger partial charge in [-0.15, -0.1) is 0 Å². The fraction of sp³-hybridized carbons (Fsp3) is 0.929. The Morgan fingerprint density at radius 2 is 0.711 bits per heavy atom. The van der Waals surface area contributed by atoms with Crippen LogP contribution in [0, 0.1) is 0 Å². The number of rotatable bonds is 19. The quantitative estimate of drug-likeness (QED) is 0.0571. The lowest BCUT2D eigenvalue weighted by Crippen LogP contribution is -2.70. The van der Waals surface area contributed by atoms with Crippen molar-refractivity contribution >= 4 is 17.7 Å². The van der Waals surface area contributed by atoms with Crippen molar-refractivity contribution in [1.29, 1.82) is 0 Å². The van der Waals surface area contributed by atoms with E-state index >= 15 is 0 Å². The van der Waals surface area contributed by atoms with Crippen LogP contribution in [-0.4, -0.2) is 328 Å². The number of nitrogens with one attached hydrogen (secondary N) is 3. The molecule has 34 nitrogen and oxygen atoms in total. The molecule has 30 unspecified atom stereocenters. The van der Waals surface area contributed by atoms with Gasteiger partial charge in [-0.25, -0.2) is 0 Å². The monoisotopic (exact) mass is 1110 g/mol. The topological polar surface area (TPSA) is 533 Å².